The van der Waals surface area contributed by atoms with Gasteiger partial charge < -0.3 is 10.8 Å². The number of nitrogens with two attached hydrogens (primary N) is 1. The van der Waals surface area contributed by atoms with Crippen LogP contribution >= 0.6 is 0 Å². The van der Waals surface area contributed by atoms with Crippen LogP contribution in [0.5, 0.6) is 0 Å². The lowest BCUT2D eigenvalue weighted by atomic mass is 9.98. The molecule has 0 saturated carbocycles. The molecule has 1 aromatic carbocycles. The van der Waals surface area contributed by atoms with Crippen LogP contribution in [0.2, 0.25) is 0 Å². The van der Waals surface area contributed by atoms with E-state index < -0.39 is 5.97 Å². The van der Waals surface area contributed by atoms with Crippen LogP contribution in [-0.2, 0) is 0 Å². The van der Waals surface area contributed by atoms with E-state index >= 15 is 0 Å². The van der Waals surface area contributed by atoms with Crippen molar-refractivity contribution in [2.45, 2.75) is 19.9 Å². The molecule has 13 heavy (non-hydrogen) atoms. The molecule has 1 rings (SSSR count). The molecule has 1 aromatic rings. The van der Waals surface area contributed by atoms with Crippen molar-refractivity contribution < 1.29 is 9.90 Å². The summed E-state index contributed by atoms with van der Waals surface area (Å²) in [6.07, 6.45) is 0. The van der Waals surface area contributed by atoms with Crippen molar-refractivity contribution in [2.75, 3.05) is 0 Å². The number of rotatable bonds is 2. The fourth-order valence-corrected chi connectivity index (χ4v) is 1.38. The summed E-state index contributed by atoms with van der Waals surface area (Å²) in [5.74, 6) is -0.903. The van der Waals surface area contributed by atoms with Gasteiger partial charge >= 0.3 is 5.97 Å². The third-order valence-electron chi connectivity index (χ3n) is 2.10. The number of carboxylic acid groups (broad SMARTS) is 1. The van der Waals surface area contributed by atoms with E-state index in [1.165, 1.54) is 0 Å². The molecule has 0 bridgehead atoms. The Labute approximate surface area is 77.2 Å². The van der Waals surface area contributed by atoms with Gasteiger partial charge in [-0.15, -0.1) is 0 Å². The second kappa shape index (κ2) is 3.58. The summed E-state index contributed by atoms with van der Waals surface area (Å²) in [6, 6.07) is 5.03. The zero-order valence-electron chi connectivity index (χ0n) is 7.74. The number of aromatic carboxylic acids is 1. The Morgan fingerprint density at radius 2 is 2.15 bits per heavy atom. The first kappa shape index (κ1) is 9.74. The normalized spacial score (nSPS) is 12.5. The molecule has 0 fully saturated rings. The average molecular weight is 179 g/mol. The highest BCUT2D eigenvalue weighted by molar-refractivity contribution is 5.89. The van der Waals surface area contributed by atoms with Crippen LogP contribution in [0.1, 0.15) is 34.5 Å². The van der Waals surface area contributed by atoms with Crippen molar-refractivity contribution in [3.05, 3.63) is 34.9 Å². The predicted octanol–water partition coefficient (Wildman–Crippen LogP) is 1.71. The molecule has 0 radical (unpaired) electrons. The summed E-state index contributed by atoms with van der Waals surface area (Å²) in [6.45, 7) is 3.62. The van der Waals surface area contributed by atoms with Gasteiger partial charge in [-0.2, -0.15) is 0 Å². The highest BCUT2D eigenvalue weighted by atomic mass is 16.4. The highest BCUT2D eigenvalue weighted by Gasteiger charge is 2.11. The zero-order valence-corrected chi connectivity index (χ0v) is 7.74. The van der Waals surface area contributed by atoms with E-state index in [1.807, 2.05) is 13.0 Å². The molecule has 1 atom stereocenters. The van der Waals surface area contributed by atoms with Gasteiger partial charge in [0.05, 0.1) is 5.56 Å². The molecule has 0 aliphatic carbocycles. The van der Waals surface area contributed by atoms with Crippen molar-refractivity contribution >= 4 is 5.97 Å². The monoisotopic (exact) mass is 179 g/mol. The van der Waals surface area contributed by atoms with Gasteiger partial charge in [0.2, 0.25) is 0 Å². The summed E-state index contributed by atoms with van der Waals surface area (Å²) < 4.78 is 0. The van der Waals surface area contributed by atoms with Gasteiger partial charge in [0.1, 0.15) is 0 Å². The molecule has 0 aliphatic heterocycles. The van der Waals surface area contributed by atoms with E-state index in [9.17, 15) is 4.79 Å². The Bertz CT molecular complexity index is 332. The number of hydrogen-bond donors (Lipinski definition) is 2. The molecular formula is C10H13NO2. The first-order chi connectivity index (χ1) is 6.04. The topological polar surface area (TPSA) is 63.3 Å². The first-order valence-electron chi connectivity index (χ1n) is 4.12. The van der Waals surface area contributed by atoms with Gasteiger partial charge in [0, 0.05) is 6.04 Å². The van der Waals surface area contributed by atoms with Gasteiger partial charge in [0.25, 0.3) is 0 Å². The van der Waals surface area contributed by atoms with E-state index in [0.29, 0.717) is 5.56 Å². The summed E-state index contributed by atoms with van der Waals surface area (Å²) >= 11 is 0. The molecule has 0 heterocycles. The van der Waals surface area contributed by atoms with Gasteiger partial charge in [0.15, 0.2) is 0 Å². The van der Waals surface area contributed by atoms with E-state index in [0.717, 1.165) is 11.1 Å². The Morgan fingerprint density at radius 3 is 2.62 bits per heavy atom. The summed E-state index contributed by atoms with van der Waals surface area (Å²) in [5, 5.41) is 8.83. The van der Waals surface area contributed by atoms with Gasteiger partial charge in [-0.25, -0.2) is 4.79 Å². The van der Waals surface area contributed by atoms with Crippen molar-refractivity contribution in [2.24, 2.45) is 5.73 Å². The lowest BCUT2D eigenvalue weighted by Crippen LogP contribution is -2.10. The number of carbonyl (C=O) groups is 1. The molecule has 0 spiro atoms. The third kappa shape index (κ3) is 1.87. The minimum absolute atomic E-state index is 0.126. The molecular weight excluding hydrogens is 166 g/mol. The molecule has 3 nitrogen and oxygen atoms in total. The highest BCUT2D eigenvalue weighted by Crippen LogP contribution is 2.18. The lowest BCUT2D eigenvalue weighted by Gasteiger charge is -2.11. The van der Waals surface area contributed by atoms with Gasteiger partial charge in [-0.05, 0) is 31.0 Å². The maximum atomic E-state index is 10.8. The Kier molecular flexibility index (Phi) is 2.68. The van der Waals surface area contributed by atoms with E-state index in [-0.39, 0.29) is 6.04 Å². The molecule has 3 N–H and O–H groups in total. The molecule has 1 unspecified atom stereocenters. The molecule has 70 valence electrons. The van der Waals surface area contributed by atoms with Gasteiger partial charge in [-0.1, -0.05) is 12.1 Å². The molecule has 0 saturated heterocycles. The second-order valence-corrected chi connectivity index (χ2v) is 3.11. The van der Waals surface area contributed by atoms with Crippen molar-refractivity contribution in [3.8, 4) is 0 Å². The summed E-state index contributed by atoms with van der Waals surface area (Å²) in [7, 11) is 0. The van der Waals surface area contributed by atoms with Crippen LogP contribution in [0, 0.1) is 6.92 Å². The standard InChI is InChI=1S/C10H13NO2/c1-6-8(7(2)11)4-3-5-9(6)10(12)13/h3-5,7H,11H2,1-2H3,(H,12,13). The van der Waals surface area contributed by atoms with E-state index in [4.69, 9.17) is 10.8 Å². The number of carboxylic acids is 1. The van der Waals surface area contributed by atoms with Crippen LogP contribution < -0.4 is 5.73 Å². The van der Waals surface area contributed by atoms with Gasteiger partial charge in [-0.3, -0.25) is 0 Å². The summed E-state index contributed by atoms with van der Waals surface area (Å²) in [5.41, 5.74) is 7.66. The van der Waals surface area contributed by atoms with Crippen LogP contribution in [0.25, 0.3) is 0 Å². The van der Waals surface area contributed by atoms with E-state index in [2.05, 4.69) is 0 Å². The maximum Gasteiger partial charge on any atom is 0.335 e. The Morgan fingerprint density at radius 1 is 1.54 bits per heavy atom. The predicted molar refractivity (Wildman–Crippen MR) is 50.7 cm³/mol. The van der Waals surface area contributed by atoms with Crippen molar-refractivity contribution in [1.29, 1.82) is 0 Å². The maximum absolute atomic E-state index is 10.8. The van der Waals surface area contributed by atoms with Crippen LogP contribution in [0.4, 0.5) is 0 Å². The molecule has 0 aromatic heterocycles. The smallest absolute Gasteiger partial charge is 0.335 e. The zero-order chi connectivity index (χ0) is 10.0. The fourth-order valence-electron chi connectivity index (χ4n) is 1.38. The SMILES string of the molecule is Cc1c(C(=O)O)cccc1C(C)N. The quantitative estimate of drug-likeness (QED) is 0.726. The summed E-state index contributed by atoms with van der Waals surface area (Å²) in [4.78, 5) is 10.8. The average Bonchev–Trinajstić information content (AvgIpc) is 2.03. The Balaban J connectivity index is 3.26. The number of benzene rings is 1. The van der Waals surface area contributed by atoms with E-state index in [1.54, 1.807) is 19.1 Å². The first-order valence-corrected chi connectivity index (χ1v) is 4.12. The third-order valence-corrected chi connectivity index (χ3v) is 2.10. The fraction of sp³-hybridized carbons (Fsp3) is 0.300. The number of hydrogen-bond acceptors (Lipinski definition) is 2. The van der Waals surface area contributed by atoms with Crippen LogP contribution in [0.15, 0.2) is 18.2 Å². The van der Waals surface area contributed by atoms with Crippen molar-refractivity contribution in [3.63, 3.8) is 0 Å². The minimum atomic E-state index is -0.903. The van der Waals surface area contributed by atoms with Crippen molar-refractivity contribution in [1.82, 2.24) is 0 Å². The lowest BCUT2D eigenvalue weighted by molar-refractivity contribution is 0.0696. The molecule has 0 amide bonds. The molecule has 3 heteroatoms. The Hall–Kier alpha value is -1.35. The van der Waals surface area contributed by atoms with Crippen LogP contribution in [0.3, 0.4) is 0 Å². The second-order valence-electron chi connectivity index (χ2n) is 3.11. The largest absolute Gasteiger partial charge is 0.478 e. The minimum Gasteiger partial charge on any atom is -0.478 e. The molecule has 0 aliphatic rings. The van der Waals surface area contributed by atoms with Crippen LogP contribution in [-0.4, -0.2) is 11.1 Å².